The number of hydrogen-bond acceptors (Lipinski definition) is 4. The molecule has 2 heterocycles. The number of nitrogens with zero attached hydrogens (tertiary/aromatic N) is 4. The Morgan fingerprint density at radius 3 is 2.05 bits per heavy atom. The van der Waals surface area contributed by atoms with Gasteiger partial charge in [0.25, 0.3) is 11.8 Å². The number of halogens is 4. The zero-order valence-electron chi connectivity index (χ0n) is 21.8. The van der Waals surface area contributed by atoms with Gasteiger partial charge in [-0.25, -0.2) is 4.39 Å². The van der Waals surface area contributed by atoms with Crippen molar-refractivity contribution in [2.24, 2.45) is 0 Å². The largest absolute Gasteiger partial charge is 0.417 e. The molecule has 3 aromatic carbocycles. The first kappa shape index (κ1) is 27.4. The highest BCUT2D eigenvalue weighted by atomic mass is 19.4. The average Bonchev–Trinajstić information content (AvgIpc) is 3.33. The molecule has 5 rings (SSSR count). The van der Waals surface area contributed by atoms with Gasteiger partial charge in [-0.15, -0.1) is 0 Å². The quantitative estimate of drug-likeness (QED) is 0.207. The lowest BCUT2D eigenvalue weighted by Gasteiger charge is -2.16. The molecule has 4 aromatic rings. The zero-order valence-corrected chi connectivity index (χ0v) is 21.8. The number of aromatic nitrogens is 1. The summed E-state index contributed by atoms with van der Waals surface area (Å²) in [6, 6.07) is 17.6. The van der Waals surface area contributed by atoms with Crippen LogP contribution in [-0.2, 0) is 19.3 Å². The van der Waals surface area contributed by atoms with Crippen molar-refractivity contribution in [1.82, 2.24) is 9.47 Å². The molecule has 0 atom stereocenters. The van der Waals surface area contributed by atoms with Gasteiger partial charge in [0, 0.05) is 22.5 Å². The first-order chi connectivity index (χ1) is 19.5. The summed E-state index contributed by atoms with van der Waals surface area (Å²) < 4.78 is 57.7. The highest BCUT2D eigenvalue weighted by molar-refractivity contribution is 6.21. The molecule has 0 spiro atoms. The number of imide groups is 1. The number of rotatable bonds is 5. The number of carbonyl (C=O) groups excluding carboxylic acids is 2. The van der Waals surface area contributed by atoms with Crippen molar-refractivity contribution in [1.29, 1.82) is 10.5 Å². The number of benzene rings is 3. The molecule has 0 radical (unpaired) electrons. The number of amides is 2. The van der Waals surface area contributed by atoms with Gasteiger partial charge in [0.15, 0.2) is 0 Å². The summed E-state index contributed by atoms with van der Waals surface area (Å²) in [6.07, 6.45) is -4.77. The molecule has 0 aliphatic carbocycles. The second kappa shape index (κ2) is 10.1. The van der Waals surface area contributed by atoms with Gasteiger partial charge < -0.3 is 4.57 Å². The molecule has 1 aromatic heterocycles. The normalized spacial score (nSPS) is 12.8. The summed E-state index contributed by atoms with van der Waals surface area (Å²) >= 11 is 0. The van der Waals surface area contributed by atoms with Crippen molar-refractivity contribution >= 4 is 11.8 Å². The fourth-order valence-electron chi connectivity index (χ4n) is 5.20. The molecule has 0 bridgehead atoms. The maximum atomic E-state index is 15.3. The zero-order chi connectivity index (χ0) is 29.6. The summed E-state index contributed by atoms with van der Waals surface area (Å²) in [5, 5.41) is 19.0. The monoisotopic (exact) mass is 556 g/mol. The molecule has 0 saturated heterocycles. The molecule has 6 nitrogen and oxygen atoms in total. The fourth-order valence-corrected chi connectivity index (χ4v) is 5.20. The number of fused-ring (bicyclic) bond motifs is 1. The highest BCUT2D eigenvalue weighted by Crippen LogP contribution is 2.38. The van der Waals surface area contributed by atoms with Crippen LogP contribution in [0.5, 0.6) is 0 Å². The summed E-state index contributed by atoms with van der Waals surface area (Å²) in [7, 11) is 0. The lowest BCUT2D eigenvalue weighted by atomic mass is 9.96. The lowest BCUT2D eigenvalue weighted by Crippen LogP contribution is -2.29. The van der Waals surface area contributed by atoms with Gasteiger partial charge in [-0.1, -0.05) is 30.3 Å². The van der Waals surface area contributed by atoms with Gasteiger partial charge in [-0.2, -0.15) is 23.7 Å². The smallest absolute Gasteiger partial charge is 0.343 e. The molecular weight excluding hydrogens is 536 g/mol. The van der Waals surface area contributed by atoms with Crippen LogP contribution in [0, 0.1) is 42.3 Å². The third-order valence-electron chi connectivity index (χ3n) is 7.29. The number of carbonyl (C=O) groups is 2. The van der Waals surface area contributed by atoms with Gasteiger partial charge in [-0.05, 0) is 55.3 Å². The summed E-state index contributed by atoms with van der Waals surface area (Å²) in [5.74, 6) is -1.52. The highest BCUT2D eigenvalue weighted by Gasteiger charge is 2.36. The second-order valence-corrected chi connectivity index (χ2v) is 9.66. The Labute approximate surface area is 232 Å². The van der Waals surface area contributed by atoms with Crippen LogP contribution in [0.25, 0.3) is 11.1 Å². The van der Waals surface area contributed by atoms with E-state index in [1.165, 1.54) is 18.2 Å². The van der Waals surface area contributed by atoms with Gasteiger partial charge in [0.05, 0.1) is 47.0 Å². The van der Waals surface area contributed by atoms with Gasteiger partial charge in [-0.3, -0.25) is 14.5 Å². The Balaban J connectivity index is 1.46. The van der Waals surface area contributed by atoms with E-state index in [0.717, 1.165) is 17.0 Å². The van der Waals surface area contributed by atoms with Crippen LogP contribution in [0.1, 0.15) is 59.9 Å². The van der Waals surface area contributed by atoms with E-state index in [-0.39, 0.29) is 35.3 Å². The Kier molecular flexibility index (Phi) is 6.72. The molecule has 0 fully saturated rings. The molecule has 10 heteroatoms. The number of nitriles is 2. The van der Waals surface area contributed by atoms with Crippen molar-refractivity contribution < 1.29 is 27.2 Å². The minimum atomic E-state index is -4.77. The Hall–Kier alpha value is -5.22. The van der Waals surface area contributed by atoms with E-state index in [4.69, 9.17) is 5.26 Å². The van der Waals surface area contributed by atoms with Crippen LogP contribution in [-0.4, -0.2) is 21.3 Å². The molecule has 2 amide bonds. The third kappa shape index (κ3) is 4.64. The van der Waals surface area contributed by atoms with Crippen molar-refractivity contribution in [3.05, 3.63) is 117 Å². The lowest BCUT2D eigenvalue weighted by molar-refractivity contribution is -0.137. The molecule has 0 N–H and O–H groups in total. The van der Waals surface area contributed by atoms with Crippen LogP contribution >= 0.6 is 0 Å². The predicted octanol–water partition coefficient (Wildman–Crippen LogP) is 6.52. The molecule has 0 saturated carbocycles. The Morgan fingerprint density at radius 2 is 1.49 bits per heavy atom. The molecule has 204 valence electrons. The number of alkyl halides is 3. The Morgan fingerprint density at radius 1 is 0.829 bits per heavy atom. The maximum absolute atomic E-state index is 15.3. The van der Waals surface area contributed by atoms with Crippen molar-refractivity contribution in [2.75, 3.05) is 0 Å². The first-order valence-electron chi connectivity index (χ1n) is 12.4. The van der Waals surface area contributed by atoms with Crippen LogP contribution in [0.3, 0.4) is 0 Å². The van der Waals surface area contributed by atoms with E-state index in [1.54, 1.807) is 54.8 Å². The Bertz CT molecular complexity index is 1810. The third-order valence-corrected chi connectivity index (χ3v) is 7.29. The predicted molar refractivity (Wildman–Crippen MR) is 140 cm³/mol. The van der Waals surface area contributed by atoms with E-state index >= 15 is 4.39 Å². The summed E-state index contributed by atoms with van der Waals surface area (Å²) in [4.78, 5) is 26.4. The molecule has 0 unspecified atom stereocenters. The molecular formula is C31H20F4N4O2. The van der Waals surface area contributed by atoms with Crippen LogP contribution in [0.4, 0.5) is 17.6 Å². The minimum absolute atomic E-state index is 0.0200. The van der Waals surface area contributed by atoms with Gasteiger partial charge in [0.1, 0.15) is 11.9 Å². The summed E-state index contributed by atoms with van der Waals surface area (Å²) in [5.41, 5.74) is 1.00. The van der Waals surface area contributed by atoms with Crippen molar-refractivity contribution in [3.63, 3.8) is 0 Å². The minimum Gasteiger partial charge on any atom is -0.343 e. The van der Waals surface area contributed by atoms with Crippen LogP contribution < -0.4 is 0 Å². The number of hydrogen-bond donors (Lipinski definition) is 0. The fraction of sp³-hybridized carbons (Fsp3) is 0.161. The van der Waals surface area contributed by atoms with Crippen LogP contribution in [0.2, 0.25) is 0 Å². The van der Waals surface area contributed by atoms with Gasteiger partial charge >= 0.3 is 6.18 Å². The van der Waals surface area contributed by atoms with E-state index in [2.05, 4.69) is 0 Å². The molecule has 1 aliphatic heterocycles. The topological polar surface area (TPSA) is 89.9 Å². The van der Waals surface area contributed by atoms with Crippen molar-refractivity contribution in [3.8, 4) is 23.3 Å². The standard InChI is InChI=1S/C31H20F4N4O2/c1-17-25(14-37)28(20-9-10-21(13-36)26(12-20)31(33,34)35)18(2)38(17)16-22-8-7-19(11-27(22)32)15-39-29(40)23-5-3-4-6-24(23)30(39)41/h3-12H,15-16H2,1-2H3. The van der Waals surface area contributed by atoms with E-state index < -0.39 is 34.9 Å². The summed E-state index contributed by atoms with van der Waals surface area (Å²) in [6.45, 7) is 3.11. The maximum Gasteiger partial charge on any atom is 0.417 e. The SMILES string of the molecule is Cc1c(C#N)c(-c2ccc(C#N)c(C(F)(F)F)c2)c(C)n1Cc1ccc(CN2C(=O)c3ccccc3C2=O)cc1F. The second-order valence-electron chi connectivity index (χ2n) is 9.66. The average molecular weight is 557 g/mol. The molecule has 1 aliphatic rings. The van der Waals surface area contributed by atoms with Gasteiger partial charge in [0.2, 0.25) is 0 Å². The van der Waals surface area contributed by atoms with Crippen LogP contribution in [0.15, 0.2) is 60.7 Å². The van der Waals surface area contributed by atoms with Crippen molar-refractivity contribution in [2.45, 2.75) is 33.1 Å². The molecule has 41 heavy (non-hydrogen) atoms. The van der Waals surface area contributed by atoms with E-state index in [0.29, 0.717) is 28.1 Å². The first-order valence-corrected chi connectivity index (χ1v) is 12.4. The van der Waals surface area contributed by atoms with E-state index in [9.17, 15) is 28.0 Å². The van der Waals surface area contributed by atoms with E-state index in [1.807, 2.05) is 6.07 Å².